The highest BCUT2D eigenvalue weighted by Crippen LogP contribution is 2.08. The van der Waals surface area contributed by atoms with Crippen molar-refractivity contribution in [1.29, 1.82) is 0 Å². The van der Waals surface area contributed by atoms with Gasteiger partial charge in [-0.15, -0.1) is 12.4 Å². The first-order valence-electron chi connectivity index (χ1n) is 5.22. The number of nitrogen functional groups attached to an aromatic ring is 1. The molecule has 1 amide bonds. The van der Waals surface area contributed by atoms with Gasteiger partial charge in [-0.3, -0.25) is 9.69 Å². The van der Waals surface area contributed by atoms with Crippen molar-refractivity contribution in [2.45, 2.75) is 6.54 Å². The lowest BCUT2D eigenvalue weighted by atomic mass is 10.2. The fraction of sp³-hybridized carbons (Fsp3) is 0.417. The number of anilines is 1. The Bertz CT molecular complexity index is 369. The molecular weight excluding hydrogens is 238 g/mol. The number of amides is 1. The zero-order chi connectivity index (χ0) is 12.1. The van der Waals surface area contributed by atoms with Crippen LogP contribution in [0.3, 0.4) is 0 Å². The summed E-state index contributed by atoms with van der Waals surface area (Å²) in [7, 11) is 5.44. The van der Waals surface area contributed by atoms with Gasteiger partial charge in [-0.25, -0.2) is 0 Å². The monoisotopic (exact) mass is 257 g/mol. The topological polar surface area (TPSA) is 49.6 Å². The van der Waals surface area contributed by atoms with Crippen molar-refractivity contribution in [3.8, 4) is 0 Å². The summed E-state index contributed by atoms with van der Waals surface area (Å²) in [5.41, 5.74) is 7.56. The number of carbonyl (C=O) groups is 1. The molecule has 0 unspecified atom stereocenters. The van der Waals surface area contributed by atoms with Crippen LogP contribution in [0.1, 0.15) is 5.56 Å². The van der Waals surface area contributed by atoms with E-state index in [1.54, 1.807) is 19.0 Å². The van der Waals surface area contributed by atoms with Crippen LogP contribution in [-0.2, 0) is 11.3 Å². The van der Waals surface area contributed by atoms with Crippen molar-refractivity contribution < 1.29 is 4.79 Å². The predicted octanol–water partition coefficient (Wildman–Crippen LogP) is 1.21. The Kier molecular flexibility index (Phi) is 6.61. The third kappa shape index (κ3) is 5.56. The highest BCUT2D eigenvalue weighted by molar-refractivity contribution is 5.85. The zero-order valence-electron chi connectivity index (χ0n) is 10.5. The molecule has 0 spiro atoms. The van der Waals surface area contributed by atoms with Crippen molar-refractivity contribution in [3.05, 3.63) is 29.8 Å². The average Bonchev–Trinajstić information content (AvgIpc) is 2.16. The normalized spacial score (nSPS) is 9.88. The summed E-state index contributed by atoms with van der Waals surface area (Å²) in [4.78, 5) is 15.0. The third-order valence-corrected chi connectivity index (χ3v) is 2.31. The van der Waals surface area contributed by atoms with E-state index in [0.29, 0.717) is 6.54 Å². The van der Waals surface area contributed by atoms with Gasteiger partial charge < -0.3 is 10.6 Å². The van der Waals surface area contributed by atoms with Crippen LogP contribution in [0.15, 0.2) is 24.3 Å². The Morgan fingerprint density at radius 3 is 2.47 bits per heavy atom. The molecule has 2 N–H and O–H groups in total. The molecule has 96 valence electrons. The fourth-order valence-corrected chi connectivity index (χ4v) is 1.43. The van der Waals surface area contributed by atoms with Gasteiger partial charge in [0.15, 0.2) is 0 Å². The van der Waals surface area contributed by atoms with Gasteiger partial charge in [-0.05, 0) is 24.7 Å². The Labute approximate surface area is 109 Å². The van der Waals surface area contributed by atoms with Crippen LogP contribution in [-0.4, -0.2) is 43.4 Å². The highest BCUT2D eigenvalue weighted by atomic mass is 35.5. The zero-order valence-corrected chi connectivity index (χ0v) is 11.3. The van der Waals surface area contributed by atoms with Gasteiger partial charge in [0.05, 0.1) is 6.54 Å². The van der Waals surface area contributed by atoms with Crippen LogP contribution in [0, 0.1) is 0 Å². The summed E-state index contributed by atoms with van der Waals surface area (Å²) in [5.74, 6) is 0.103. The number of carbonyl (C=O) groups excluding carboxylic acids is 1. The summed E-state index contributed by atoms with van der Waals surface area (Å²) >= 11 is 0. The molecule has 0 aromatic heterocycles. The number of nitrogens with zero attached hydrogens (tertiary/aromatic N) is 2. The smallest absolute Gasteiger partial charge is 0.236 e. The van der Waals surface area contributed by atoms with E-state index in [2.05, 4.69) is 0 Å². The first-order chi connectivity index (χ1) is 7.49. The molecule has 0 saturated heterocycles. The molecule has 1 rings (SSSR count). The van der Waals surface area contributed by atoms with E-state index in [0.717, 1.165) is 17.8 Å². The summed E-state index contributed by atoms with van der Waals surface area (Å²) < 4.78 is 0. The summed E-state index contributed by atoms with van der Waals surface area (Å²) in [6.45, 7) is 1.15. The Morgan fingerprint density at radius 2 is 1.94 bits per heavy atom. The van der Waals surface area contributed by atoms with E-state index in [1.165, 1.54) is 0 Å². The molecule has 0 saturated carbocycles. The van der Waals surface area contributed by atoms with Gasteiger partial charge in [-0.1, -0.05) is 12.1 Å². The molecule has 0 heterocycles. The molecule has 17 heavy (non-hydrogen) atoms. The van der Waals surface area contributed by atoms with E-state index in [1.807, 2.05) is 36.2 Å². The molecule has 4 nitrogen and oxygen atoms in total. The van der Waals surface area contributed by atoms with E-state index in [-0.39, 0.29) is 18.3 Å². The van der Waals surface area contributed by atoms with Gasteiger partial charge in [0.25, 0.3) is 0 Å². The average molecular weight is 258 g/mol. The molecule has 1 aromatic rings. The molecule has 0 bridgehead atoms. The third-order valence-electron chi connectivity index (χ3n) is 2.31. The quantitative estimate of drug-likeness (QED) is 0.825. The second-order valence-corrected chi connectivity index (χ2v) is 4.21. The van der Waals surface area contributed by atoms with Gasteiger partial charge in [0, 0.05) is 26.3 Å². The second-order valence-electron chi connectivity index (χ2n) is 4.21. The Morgan fingerprint density at radius 1 is 1.29 bits per heavy atom. The van der Waals surface area contributed by atoms with Crippen LogP contribution in [0.4, 0.5) is 5.69 Å². The van der Waals surface area contributed by atoms with E-state index < -0.39 is 0 Å². The molecule has 5 heteroatoms. The molecule has 1 aromatic carbocycles. The van der Waals surface area contributed by atoms with E-state index >= 15 is 0 Å². The minimum Gasteiger partial charge on any atom is -0.399 e. The van der Waals surface area contributed by atoms with Crippen LogP contribution in [0.2, 0.25) is 0 Å². The largest absolute Gasteiger partial charge is 0.399 e. The number of rotatable bonds is 4. The van der Waals surface area contributed by atoms with Crippen molar-refractivity contribution in [2.75, 3.05) is 33.4 Å². The number of hydrogen-bond acceptors (Lipinski definition) is 3. The SMILES string of the molecule is CN(CC(=O)N(C)C)Cc1cccc(N)c1.Cl. The standard InChI is InChI=1S/C12H19N3O.ClH/c1-14(2)12(16)9-15(3)8-10-5-4-6-11(13)7-10;/h4-7H,8-9,13H2,1-3H3;1H. The van der Waals surface area contributed by atoms with E-state index in [4.69, 9.17) is 5.73 Å². The van der Waals surface area contributed by atoms with Gasteiger partial charge in [-0.2, -0.15) is 0 Å². The molecule has 0 aliphatic carbocycles. The van der Waals surface area contributed by atoms with Gasteiger partial charge >= 0.3 is 0 Å². The lowest BCUT2D eigenvalue weighted by Crippen LogP contribution is -2.34. The number of nitrogens with two attached hydrogens (primary N) is 1. The molecule has 0 aliphatic heterocycles. The van der Waals surface area contributed by atoms with Crippen molar-refractivity contribution in [2.24, 2.45) is 0 Å². The molecule has 0 radical (unpaired) electrons. The van der Waals surface area contributed by atoms with Crippen LogP contribution < -0.4 is 5.73 Å². The number of likely N-dealkylation sites (N-methyl/N-ethyl adjacent to an activating group) is 2. The van der Waals surface area contributed by atoms with Crippen LogP contribution in [0.25, 0.3) is 0 Å². The lowest BCUT2D eigenvalue weighted by Gasteiger charge is -2.19. The maximum Gasteiger partial charge on any atom is 0.236 e. The predicted molar refractivity (Wildman–Crippen MR) is 73.1 cm³/mol. The first-order valence-corrected chi connectivity index (χ1v) is 5.22. The van der Waals surface area contributed by atoms with Crippen molar-refractivity contribution in [1.82, 2.24) is 9.80 Å². The summed E-state index contributed by atoms with van der Waals surface area (Å²) in [6, 6.07) is 7.71. The van der Waals surface area contributed by atoms with Gasteiger partial charge in [0.2, 0.25) is 5.91 Å². The summed E-state index contributed by atoms with van der Waals surface area (Å²) in [5, 5.41) is 0. The number of benzene rings is 1. The minimum absolute atomic E-state index is 0. The lowest BCUT2D eigenvalue weighted by molar-refractivity contribution is -0.129. The van der Waals surface area contributed by atoms with Crippen LogP contribution in [0.5, 0.6) is 0 Å². The highest BCUT2D eigenvalue weighted by Gasteiger charge is 2.08. The Balaban J connectivity index is 0.00000256. The second kappa shape index (κ2) is 7.14. The summed E-state index contributed by atoms with van der Waals surface area (Å²) in [6.07, 6.45) is 0. The van der Waals surface area contributed by atoms with Crippen molar-refractivity contribution >= 4 is 24.0 Å². The maximum absolute atomic E-state index is 11.5. The van der Waals surface area contributed by atoms with Crippen LogP contribution >= 0.6 is 12.4 Å². The fourth-order valence-electron chi connectivity index (χ4n) is 1.43. The van der Waals surface area contributed by atoms with E-state index in [9.17, 15) is 4.79 Å². The first kappa shape index (κ1) is 15.7. The Hall–Kier alpha value is -1.26. The van der Waals surface area contributed by atoms with Gasteiger partial charge in [0.1, 0.15) is 0 Å². The molecule has 0 fully saturated rings. The number of hydrogen-bond donors (Lipinski definition) is 1. The van der Waals surface area contributed by atoms with Crippen molar-refractivity contribution in [3.63, 3.8) is 0 Å². The minimum atomic E-state index is 0. The molecular formula is C12H20ClN3O. The molecule has 0 atom stereocenters. The number of halogens is 1. The maximum atomic E-state index is 11.5. The molecule has 0 aliphatic rings.